The topological polar surface area (TPSA) is 72.0 Å². The summed E-state index contributed by atoms with van der Waals surface area (Å²) in [5, 5.41) is 10.1. The SMILES string of the molecule is CC(O)(CN)c1nc(C2CC2)ncc1Br. The third-order valence-corrected chi connectivity index (χ3v) is 3.19. The summed E-state index contributed by atoms with van der Waals surface area (Å²) in [6.45, 7) is 1.81. The van der Waals surface area contributed by atoms with Gasteiger partial charge in [0.1, 0.15) is 11.4 Å². The highest BCUT2D eigenvalue weighted by Crippen LogP contribution is 2.39. The lowest BCUT2D eigenvalue weighted by atomic mass is 10.0. The van der Waals surface area contributed by atoms with Crippen molar-refractivity contribution in [2.75, 3.05) is 6.54 Å². The van der Waals surface area contributed by atoms with E-state index in [9.17, 15) is 5.11 Å². The fraction of sp³-hybridized carbons (Fsp3) is 0.600. The van der Waals surface area contributed by atoms with E-state index in [1.54, 1.807) is 13.1 Å². The molecule has 1 saturated carbocycles. The summed E-state index contributed by atoms with van der Waals surface area (Å²) in [6.07, 6.45) is 3.98. The van der Waals surface area contributed by atoms with Crippen LogP contribution in [0.15, 0.2) is 10.7 Å². The van der Waals surface area contributed by atoms with Gasteiger partial charge in [0.25, 0.3) is 0 Å². The van der Waals surface area contributed by atoms with Crippen LogP contribution in [-0.2, 0) is 5.60 Å². The number of nitrogens with zero attached hydrogens (tertiary/aromatic N) is 2. The second-order valence-corrected chi connectivity index (χ2v) is 5.03. The Morgan fingerprint density at radius 3 is 2.87 bits per heavy atom. The largest absolute Gasteiger partial charge is 0.382 e. The van der Waals surface area contributed by atoms with Crippen molar-refractivity contribution in [2.24, 2.45) is 5.73 Å². The maximum atomic E-state index is 10.1. The molecule has 4 nitrogen and oxygen atoms in total. The molecular formula is C10H14BrN3O. The lowest BCUT2D eigenvalue weighted by Gasteiger charge is -2.21. The van der Waals surface area contributed by atoms with E-state index in [1.165, 1.54) is 0 Å². The maximum Gasteiger partial charge on any atom is 0.131 e. The lowest BCUT2D eigenvalue weighted by molar-refractivity contribution is 0.0609. The minimum Gasteiger partial charge on any atom is -0.382 e. The minimum absolute atomic E-state index is 0.146. The maximum absolute atomic E-state index is 10.1. The van der Waals surface area contributed by atoms with E-state index >= 15 is 0 Å². The number of hydrogen-bond donors (Lipinski definition) is 2. The Bertz CT molecular complexity index is 377. The zero-order valence-corrected chi connectivity index (χ0v) is 10.2. The van der Waals surface area contributed by atoms with Crippen molar-refractivity contribution in [3.8, 4) is 0 Å². The number of rotatable bonds is 3. The van der Waals surface area contributed by atoms with E-state index < -0.39 is 5.60 Å². The molecule has 1 heterocycles. The number of aromatic nitrogens is 2. The summed E-state index contributed by atoms with van der Waals surface area (Å²) >= 11 is 3.34. The van der Waals surface area contributed by atoms with Gasteiger partial charge in [0.15, 0.2) is 0 Å². The fourth-order valence-electron chi connectivity index (χ4n) is 1.39. The Kier molecular flexibility index (Phi) is 2.79. The number of hydrogen-bond acceptors (Lipinski definition) is 4. The first-order valence-corrected chi connectivity index (χ1v) is 5.79. The van der Waals surface area contributed by atoms with Crippen molar-refractivity contribution in [1.29, 1.82) is 0 Å². The van der Waals surface area contributed by atoms with Crippen LogP contribution in [0, 0.1) is 0 Å². The number of aliphatic hydroxyl groups is 1. The molecule has 0 saturated heterocycles. The second-order valence-electron chi connectivity index (χ2n) is 4.18. The van der Waals surface area contributed by atoms with E-state index in [0.717, 1.165) is 18.7 Å². The Labute approximate surface area is 97.1 Å². The molecule has 0 radical (unpaired) electrons. The molecule has 0 spiro atoms. The summed E-state index contributed by atoms with van der Waals surface area (Å²) in [6, 6.07) is 0. The molecule has 1 unspecified atom stereocenters. The minimum atomic E-state index is -1.09. The van der Waals surface area contributed by atoms with Gasteiger partial charge < -0.3 is 10.8 Å². The summed E-state index contributed by atoms with van der Waals surface area (Å²) in [4.78, 5) is 8.63. The molecule has 1 aliphatic carbocycles. The van der Waals surface area contributed by atoms with Gasteiger partial charge in [0, 0.05) is 18.7 Å². The molecule has 15 heavy (non-hydrogen) atoms. The molecule has 5 heteroatoms. The van der Waals surface area contributed by atoms with Crippen LogP contribution in [0.1, 0.15) is 37.2 Å². The molecule has 1 aliphatic rings. The molecule has 2 rings (SSSR count). The molecule has 0 bridgehead atoms. The number of nitrogens with two attached hydrogens (primary N) is 1. The molecule has 0 aliphatic heterocycles. The molecular weight excluding hydrogens is 258 g/mol. The average molecular weight is 272 g/mol. The monoisotopic (exact) mass is 271 g/mol. The van der Waals surface area contributed by atoms with Gasteiger partial charge in [-0.15, -0.1) is 0 Å². The Balaban J connectivity index is 2.40. The van der Waals surface area contributed by atoms with Crippen LogP contribution in [0.4, 0.5) is 0 Å². The van der Waals surface area contributed by atoms with Gasteiger partial charge in [-0.25, -0.2) is 9.97 Å². The predicted molar refractivity (Wildman–Crippen MR) is 60.3 cm³/mol. The molecule has 0 amide bonds. The van der Waals surface area contributed by atoms with Crippen LogP contribution in [-0.4, -0.2) is 21.6 Å². The van der Waals surface area contributed by atoms with Crippen molar-refractivity contribution in [1.82, 2.24) is 9.97 Å². The molecule has 0 aromatic carbocycles. The Hall–Kier alpha value is -0.520. The number of halogens is 1. The predicted octanol–water partition coefficient (Wildman–Crippen LogP) is 1.28. The van der Waals surface area contributed by atoms with Crippen LogP contribution < -0.4 is 5.73 Å². The van der Waals surface area contributed by atoms with Crippen molar-refractivity contribution in [3.05, 3.63) is 22.2 Å². The van der Waals surface area contributed by atoms with E-state index in [2.05, 4.69) is 25.9 Å². The smallest absolute Gasteiger partial charge is 0.131 e. The molecule has 1 fully saturated rings. The zero-order valence-electron chi connectivity index (χ0n) is 8.57. The first-order chi connectivity index (χ1) is 7.04. The molecule has 82 valence electrons. The van der Waals surface area contributed by atoms with Gasteiger partial charge in [0.2, 0.25) is 0 Å². The molecule has 1 aromatic heterocycles. The van der Waals surface area contributed by atoms with Crippen LogP contribution >= 0.6 is 15.9 Å². The second kappa shape index (κ2) is 3.81. The van der Waals surface area contributed by atoms with E-state index in [4.69, 9.17) is 5.73 Å². The quantitative estimate of drug-likeness (QED) is 0.869. The lowest BCUT2D eigenvalue weighted by Crippen LogP contribution is -2.33. The standard InChI is InChI=1S/C10H14BrN3O/c1-10(15,5-12)8-7(11)4-13-9(14-8)6-2-3-6/h4,6,15H,2-3,5,12H2,1H3. The average Bonchev–Trinajstić information content (AvgIpc) is 3.02. The highest BCUT2D eigenvalue weighted by atomic mass is 79.9. The molecule has 3 N–H and O–H groups in total. The first kappa shape index (κ1) is 11.0. The Morgan fingerprint density at radius 1 is 1.67 bits per heavy atom. The fourth-order valence-corrected chi connectivity index (χ4v) is 2.01. The van der Waals surface area contributed by atoms with Crippen molar-refractivity contribution in [3.63, 3.8) is 0 Å². The summed E-state index contributed by atoms with van der Waals surface area (Å²) in [5.74, 6) is 1.30. The summed E-state index contributed by atoms with van der Waals surface area (Å²) in [5.41, 5.74) is 5.01. The van der Waals surface area contributed by atoms with Crippen LogP contribution in [0.2, 0.25) is 0 Å². The normalized spacial score (nSPS) is 20.0. The van der Waals surface area contributed by atoms with Gasteiger partial charge in [-0.1, -0.05) is 0 Å². The van der Waals surface area contributed by atoms with Crippen molar-refractivity contribution in [2.45, 2.75) is 31.3 Å². The summed E-state index contributed by atoms with van der Waals surface area (Å²) in [7, 11) is 0. The Morgan fingerprint density at radius 2 is 2.33 bits per heavy atom. The van der Waals surface area contributed by atoms with E-state index in [1.807, 2.05) is 0 Å². The van der Waals surface area contributed by atoms with Crippen molar-refractivity contribution >= 4 is 15.9 Å². The van der Waals surface area contributed by atoms with E-state index in [0.29, 0.717) is 16.1 Å². The van der Waals surface area contributed by atoms with Gasteiger partial charge in [-0.05, 0) is 35.7 Å². The van der Waals surface area contributed by atoms with Crippen molar-refractivity contribution < 1.29 is 5.11 Å². The third-order valence-electron chi connectivity index (χ3n) is 2.61. The molecule has 1 atom stereocenters. The summed E-state index contributed by atoms with van der Waals surface area (Å²) < 4.78 is 0.711. The third kappa shape index (κ3) is 2.19. The van der Waals surface area contributed by atoms with Crippen LogP contribution in [0.3, 0.4) is 0 Å². The zero-order chi connectivity index (χ0) is 11.1. The van der Waals surface area contributed by atoms with Gasteiger partial charge >= 0.3 is 0 Å². The van der Waals surface area contributed by atoms with Gasteiger partial charge in [-0.2, -0.15) is 0 Å². The van der Waals surface area contributed by atoms with Gasteiger partial charge in [-0.3, -0.25) is 0 Å². The van der Waals surface area contributed by atoms with Gasteiger partial charge in [0.05, 0.1) is 10.2 Å². The van der Waals surface area contributed by atoms with Crippen LogP contribution in [0.5, 0.6) is 0 Å². The molecule has 1 aromatic rings. The van der Waals surface area contributed by atoms with Crippen LogP contribution in [0.25, 0.3) is 0 Å². The highest BCUT2D eigenvalue weighted by molar-refractivity contribution is 9.10. The highest BCUT2D eigenvalue weighted by Gasteiger charge is 2.31. The van der Waals surface area contributed by atoms with E-state index in [-0.39, 0.29) is 6.54 Å². The first-order valence-electron chi connectivity index (χ1n) is 5.00.